The maximum absolute atomic E-state index is 5.32. The van der Waals surface area contributed by atoms with Crippen LogP contribution < -0.4 is 5.32 Å². The van der Waals surface area contributed by atoms with Gasteiger partial charge in [-0.15, -0.1) is 11.3 Å². The van der Waals surface area contributed by atoms with E-state index in [2.05, 4.69) is 38.4 Å². The molecule has 4 heteroatoms. The molecule has 18 heavy (non-hydrogen) atoms. The Morgan fingerprint density at radius 3 is 2.56 bits per heavy atom. The summed E-state index contributed by atoms with van der Waals surface area (Å²) in [5.41, 5.74) is 1.33. The first-order valence-electron chi connectivity index (χ1n) is 6.51. The number of methoxy groups -OCH3 is 1. The standard InChI is InChI=1S/C14H26N2OS/c1-10(17-6)7-11(15-5)8-13-16-12(9-18-13)14(2,3)4/h9-11,15H,7-8H2,1-6H3. The Morgan fingerprint density at radius 2 is 2.11 bits per heavy atom. The number of ether oxygens (including phenoxy) is 1. The monoisotopic (exact) mass is 270 g/mol. The van der Waals surface area contributed by atoms with Gasteiger partial charge in [0, 0.05) is 30.4 Å². The molecule has 1 rings (SSSR count). The third kappa shape index (κ3) is 4.67. The van der Waals surface area contributed by atoms with E-state index < -0.39 is 0 Å². The molecule has 0 amide bonds. The Balaban J connectivity index is 2.62. The van der Waals surface area contributed by atoms with Gasteiger partial charge in [-0.05, 0) is 20.4 Å². The average molecular weight is 270 g/mol. The molecule has 0 aliphatic heterocycles. The Hall–Kier alpha value is -0.450. The molecular formula is C14H26N2OS. The van der Waals surface area contributed by atoms with Crippen molar-refractivity contribution in [1.29, 1.82) is 0 Å². The number of aromatic nitrogens is 1. The second-order valence-electron chi connectivity index (χ2n) is 5.85. The molecule has 0 fully saturated rings. The predicted octanol–water partition coefficient (Wildman–Crippen LogP) is 3.00. The molecule has 1 N–H and O–H groups in total. The molecule has 1 heterocycles. The van der Waals surface area contributed by atoms with Gasteiger partial charge in [0.05, 0.1) is 16.8 Å². The lowest BCUT2D eigenvalue weighted by Crippen LogP contribution is -2.31. The summed E-state index contributed by atoms with van der Waals surface area (Å²) >= 11 is 1.76. The summed E-state index contributed by atoms with van der Waals surface area (Å²) in [5, 5.41) is 6.74. The summed E-state index contributed by atoms with van der Waals surface area (Å²) in [6.07, 6.45) is 2.27. The van der Waals surface area contributed by atoms with Crippen LogP contribution in [0.2, 0.25) is 0 Å². The molecule has 0 bridgehead atoms. The van der Waals surface area contributed by atoms with Crippen molar-refractivity contribution in [3.63, 3.8) is 0 Å². The van der Waals surface area contributed by atoms with Gasteiger partial charge in [-0.25, -0.2) is 4.98 Å². The van der Waals surface area contributed by atoms with Crippen molar-refractivity contribution in [3.8, 4) is 0 Å². The second-order valence-corrected chi connectivity index (χ2v) is 6.79. The summed E-state index contributed by atoms with van der Waals surface area (Å²) in [7, 11) is 3.77. The number of rotatable bonds is 6. The summed E-state index contributed by atoms with van der Waals surface area (Å²) in [6.45, 7) is 8.71. The van der Waals surface area contributed by atoms with Crippen LogP contribution in [0.25, 0.3) is 0 Å². The van der Waals surface area contributed by atoms with Crippen LogP contribution in [-0.4, -0.2) is 31.3 Å². The van der Waals surface area contributed by atoms with Crippen LogP contribution >= 0.6 is 11.3 Å². The highest BCUT2D eigenvalue weighted by Crippen LogP contribution is 2.24. The molecule has 0 saturated heterocycles. The van der Waals surface area contributed by atoms with Gasteiger partial charge in [-0.1, -0.05) is 20.8 Å². The maximum Gasteiger partial charge on any atom is 0.0944 e. The zero-order chi connectivity index (χ0) is 13.8. The predicted molar refractivity (Wildman–Crippen MR) is 78.5 cm³/mol. The number of likely N-dealkylation sites (N-methyl/N-ethyl adjacent to an activating group) is 1. The molecule has 1 aromatic rings. The van der Waals surface area contributed by atoms with Crippen LogP contribution in [0, 0.1) is 0 Å². The van der Waals surface area contributed by atoms with E-state index in [0.29, 0.717) is 6.04 Å². The highest BCUT2D eigenvalue weighted by Gasteiger charge is 2.19. The molecule has 2 atom stereocenters. The first kappa shape index (κ1) is 15.6. The van der Waals surface area contributed by atoms with E-state index in [1.165, 1.54) is 10.7 Å². The minimum absolute atomic E-state index is 0.143. The number of hydrogen-bond donors (Lipinski definition) is 1. The lowest BCUT2D eigenvalue weighted by Gasteiger charge is -2.19. The topological polar surface area (TPSA) is 34.2 Å². The number of thiazole rings is 1. The van der Waals surface area contributed by atoms with Crippen molar-refractivity contribution in [2.45, 2.75) is 58.1 Å². The first-order chi connectivity index (χ1) is 8.36. The summed E-state index contributed by atoms with van der Waals surface area (Å²) in [4.78, 5) is 4.74. The van der Waals surface area contributed by atoms with E-state index in [0.717, 1.165) is 12.8 Å². The zero-order valence-corrected chi connectivity index (χ0v) is 13.2. The van der Waals surface area contributed by atoms with Crippen molar-refractivity contribution in [1.82, 2.24) is 10.3 Å². The number of nitrogens with zero attached hydrogens (tertiary/aromatic N) is 1. The fraction of sp³-hybridized carbons (Fsp3) is 0.786. The Labute approximate surface area is 115 Å². The highest BCUT2D eigenvalue weighted by atomic mass is 32.1. The fourth-order valence-electron chi connectivity index (χ4n) is 1.76. The van der Waals surface area contributed by atoms with Crippen LogP contribution in [0.4, 0.5) is 0 Å². The van der Waals surface area contributed by atoms with Crippen molar-refractivity contribution in [3.05, 3.63) is 16.1 Å². The normalized spacial score (nSPS) is 15.7. The molecule has 0 aromatic carbocycles. The van der Waals surface area contributed by atoms with Crippen molar-refractivity contribution in [2.75, 3.05) is 14.2 Å². The molecule has 0 radical (unpaired) electrons. The van der Waals surface area contributed by atoms with Crippen LogP contribution in [0.1, 0.15) is 44.8 Å². The molecule has 1 aromatic heterocycles. The fourth-order valence-corrected chi connectivity index (χ4v) is 2.86. The van der Waals surface area contributed by atoms with E-state index in [1.54, 1.807) is 18.4 Å². The minimum atomic E-state index is 0.143. The minimum Gasteiger partial charge on any atom is -0.382 e. The molecule has 0 spiro atoms. The lowest BCUT2D eigenvalue weighted by molar-refractivity contribution is 0.101. The Morgan fingerprint density at radius 1 is 1.44 bits per heavy atom. The van der Waals surface area contributed by atoms with Gasteiger partial charge >= 0.3 is 0 Å². The summed E-state index contributed by atoms with van der Waals surface area (Å²) in [5.74, 6) is 0. The van der Waals surface area contributed by atoms with Gasteiger partial charge in [-0.3, -0.25) is 0 Å². The average Bonchev–Trinajstić information content (AvgIpc) is 2.76. The molecule has 0 aliphatic carbocycles. The van der Waals surface area contributed by atoms with Crippen molar-refractivity contribution < 1.29 is 4.74 Å². The lowest BCUT2D eigenvalue weighted by atomic mass is 9.93. The van der Waals surface area contributed by atoms with E-state index in [4.69, 9.17) is 9.72 Å². The van der Waals surface area contributed by atoms with E-state index in [9.17, 15) is 0 Å². The molecule has 0 aliphatic rings. The molecule has 2 unspecified atom stereocenters. The van der Waals surface area contributed by atoms with Crippen LogP contribution in [0.3, 0.4) is 0 Å². The molecule has 104 valence electrons. The largest absolute Gasteiger partial charge is 0.382 e. The van der Waals surface area contributed by atoms with Gasteiger partial charge in [-0.2, -0.15) is 0 Å². The van der Waals surface area contributed by atoms with Gasteiger partial charge in [0.25, 0.3) is 0 Å². The van der Waals surface area contributed by atoms with Crippen molar-refractivity contribution >= 4 is 11.3 Å². The van der Waals surface area contributed by atoms with Gasteiger partial charge in [0.1, 0.15) is 0 Å². The maximum atomic E-state index is 5.32. The SMILES string of the molecule is CNC(Cc1nc(C(C)(C)C)cs1)CC(C)OC. The van der Waals surface area contributed by atoms with E-state index in [1.807, 2.05) is 7.05 Å². The summed E-state index contributed by atoms with van der Waals surface area (Å²) < 4.78 is 5.32. The van der Waals surface area contributed by atoms with Gasteiger partial charge < -0.3 is 10.1 Å². The molecular weight excluding hydrogens is 244 g/mol. The van der Waals surface area contributed by atoms with Crippen LogP contribution in [-0.2, 0) is 16.6 Å². The third-order valence-electron chi connectivity index (χ3n) is 3.17. The number of nitrogens with one attached hydrogen (secondary N) is 1. The Bertz CT molecular complexity index is 357. The number of hydrogen-bond acceptors (Lipinski definition) is 4. The van der Waals surface area contributed by atoms with Gasteiger partial charge in [0.2, 0.25) is 0 Å². The van der Waals surface area contributed by atoms with E-state index >= 15 is 0 Å². The molecule has 0 saturated carbocycles. The molecule has 3 nitrogen and oxygen atoms in total. The zero-order valence-electron chi connectivity index (χ0n) is 12.4. The van der Waals surface area contributed by atoms with Crippen LogP contribution in [0.15, 0.2) is 5.38 Å². The second kappa shape index (κ2) is 6.64. The van der Waals surface area contributed by atoms with Crippen LogP contribution in [0.5, 0.6) is 0 Å². The summed E-state index contributed by atoms with van der Waals surface area (Å²) in [6, 6.07) is 0.430. The first-order valence-corrected chi connectivity index (χ1v) is 7.39. The third-order valence-corrected chi connectivity index (χ3v) is 4.04. The van der Waals surface area contributed by atoms with Crippen molar-refractivity contribution in [2.24, 2.45) is 0 Å². The quantitative estimate of drug-likeness (QED) is 0.863. The Kier molecular flexibility index (Phi) is 5.76. The van der Waals surface area contributed by atoms with E-state index in [-0.39, 0.29) is 11.5 Å². The van der Waals surface area contributed by atoms with Gasteiger partial charge in [0.15, 0.2) is 0 Å². The smallest absolute Gasteiger partial charge is 0.0944 e. The highest BCUT2D eigenvalue weighted by molar-refractivity contribution is 7.09.